The van der Waals surface area contributed by atoms with Crippen molar-refractivity contribution in [3.63, 3.8) is 0 Å². The molecule has 1 heterocycles. The number of aliphatic hydroxyl groups is 1. The van der Waals surface area contributed by atoms with E-state index in [4.69, 9.17) is 14.6 Å². The van der Waals surface area contributed by atoms with Crippen LogP contribution in [0.2, 0.25) is 0 Å². The minimum absolute atomic E-state index is 0.00280. The molecule has 232 valence electrons. The fourth-order valence-corrected chi connectivity index (χ4v) is 5.92. The van der Waals surface area contributed by atoms with E-state index in [0.29, 0.717) is 39.8 Å². The molecular weight excluding hydrogens is 608 g/mol. The molecule has 4 rings (SSSR count). The normalized spacial score (nSPS) is 15.4. The minimum atomic E-state index is -3.81. The predicted octanol–water partition coefficient (Wildman–Crippen LogP) is 3.09. The lowest BCUT2D eigenvalue weighted by molar-refractivity contribution is -0.121. The Morgan fingerprint density at radius 1 is 1.09 bits per heavy atom. The number of nitrogens with two attached hydrogens (primary N) is 1. The number of hydrogen-bond donors (Lipinski definition) is 3. The van der Waals surface area contributed by atoms with Crippen LogP contribution in [0.25, 0.3) is 0 Å². The van der Waals surface area contributed by atoms with E-state index >= 15 is 0 Å². The van der Waals surface area contributed by atoms with Gasteiger partial charge in [0.05, 0.1) is 42.2 Å². The number of amidine groups is 1. The Morgan fingerprint density at radius 2 is 1.77 bits per heavy atom. The van der Waals surface area contributed by atoms with Crippen molar-refractivity contribution >= 4 is 56.1 Å². The summed E-state index contributed by atoms with van der Waals surface area (Å²) in [6.45, 7) is 1.99. The van der Waals surface area contributed by atoms with Crippen LogP contribution in [-0.4, -0.2) is 62.0 Å². The van der Waals surface area contributed by atoms with Crippen molar-refractivity contribution in [1.29, 1.82) is 0 Å². The number of esters is 1. The molecule has 0 aliphatic carbocycles. The number of ether oxygens (including phenoxy) is 2. The van der Waals surface area contributed by atoms with E-state index in [1.807, 2.05) is 0 Å². The molecule has 1 fully saturated rings. The molecule has 14 heteroatoms. The van der Waals surface area contributed by atoms with Gasteiger partial charge in [0.15, 0.2) is 5.17 Å². The number of anilines is 2. The first kappa shape index (κ1) is 32.7. The number of carbonyl (C=O) groups excluding carboxylic acids is 3. The lowest BCUT2D eigenvalue weighted by Crippen LogP contribution is -2.31. The Balaban J connectivity index is 1.55. The predicted molar refractivity (Wildman–Crippen MR) is 167 cm³/mol. The lowest BCUT2D eigenvalue weighted by Gasteiger charge is -2.17. The van der Waals surface area contributed by atoms with E-state index in [0.717, 1.165) is 22.2 Å². The third kappa shape index (κ3) is 8.02. The zero-order valence-electron chi connectivity index (χ0n) is 24.1. The molecule has 3 aromatic rings. The van der Waals surface area contributed by atoms with Crippen LogP contribution in [0.5, 0.6) is 5.75 Å². The van der Waals surface area contributed by atoms with Gasteiger partial charge < -0.3 is 19.9 Å². The average molecular weight is 641 g/mol. The van der Waals surface area contributed by atoms with Crippen molar-refractivity contribution in [2.45, 2.75) is 36.5 Å². The van der Waals surface area contributed by atoms with Gasteiger partial charge in [-0.25, -0.2) is 23.3 Å². The van der Waals surface area contributed by atoms with E-state index in [9.17, 15) is 27.9 Å². The Bertz CT molecular complexity index is 1660. The summed E-state index contributed by atoms with van der Waals surface area (Å²) < 4.78 is 33.6. The first-order chi connectivity index (χ1) is 21.0. The van der Waals surface area contributed by atoms with Gasteiger partial charge in [-0.3, -0.25) is 14.6 Å². The van der Waals surface area contributed by atoms with Gasteiger partial charge in [-0.2, -0.15) is 0 Å². The number of aliphatic imine (C=N–C) groups is 1. The lowest BCUT2D eigenvalue weighted by atomic mass is 10.1. The average Bonchev–Trinajstić information content (AvgIpc) is 3.28. The van der Waals surface area contributed by atoms with Gasteiger partial charge in [0.25, 0.3) is 0 Å². The molecule has 1 saturated heterocycles. The van der Waals surface area contributed by atoms with Crippen molar-refractivity contribution in [2.24, 2.45) is 10.1 Å². The van der Waals surface area contributed by atoms with Crippen molar-refractivity contribution < 1.29 is 37.4 Å². The highest BCUT2D eigenvalue weighted by molar-refractivity contribution is 8.15. The van der Waals surface area contributed by atoms with E-state index in [-0.39, 0.29) is 31.1 Å². The Morgan fingerprint density at radius 3 is 2.39 bits per heavy atom. The van der Waals surface area contributed by atoms with Crippen LogP contribution in [0.1, 0.15) is 34.8 Å². The van der Waals surface area contributed by atoms with Gasteiger partial charge in [0.1, 0.15) is 11.0 Å². The molecule has 12 nitrogen and oxygen atoms in total. The molecule has 1 atom stereocenters. The van der Waals surface area contributed by atoms with Gasteiger partial charge in [-0.1, -0.05) is 30.0 Å². The number of primary sulfonamides is 1. The number of carbonyl (C=O) groups is 3. The number of amides is 2. The standard InChI is InChI=1S/C30H32N4O8S2/c1-3-42-29(38)21-7-9-22(10-8-21)34-27(36)17-26(28(34)37)43-30(33-24-16-20(18-35)6-13-25(24)41-2)32-15-14-19-4-11-23(12-5-19)44(31,39)40/h4-13,16,26,35H,3,14-15,17-18H2,1-2H3,(H,32,33)(H2,31,39,40). The maximum atomic E-state index is 13.5. The van der Waals surface area contributed by atoms with Crippen LogP contribution >= 0.6 is 11.8 Å². The summed E-state index contributed by atoms with van der Waals surface area (Å²) in [5, 5.41) is 17.5. The molecule has 2 amide bonds. The first-order valence-electron chi connectivity index (χ1n) is 13.6. The first-order valence-corrected chi connectivity index (χ1v) is 16.0. The van der Waals surface area contributed by atoms with Gasteiger partial charge in [0, 0.05) is 13.0 Å². The number of thioether (sulfide) groups is 1. The van der Waals surface area contributed by atoms with Crippen LogP contribution in [0, 0.1) is 0 Å². The molecule has 0 aromatic heterocycles. The van der Waals surface area contributed by atoms with Crippen molar-refractivity contribution in [1.82, 2.24) is 0 Å². The van der Waals surface area contributed by atoms with E-state index < -0.39 is 33.1 Å². The van der Waals surface area contributed by atoms with Crippen molar-refractivity contribution in [3.05, 3.63) is 83.4 Å². The highest BCUT2D eigenvalue weighted by atomic mass is 32.2. The van der Waals surface area contributed by atoms with E-state index in [1.165, 1.54) is 43.5 Å². The second-order valence-electron chi connectivity index (χ2n) is 9.59. The molecule has 0 saturated carbocycles. The summed E-state index contributed by atoms with van der Waals surface area (Å²) in [6, 6.07) is 17.3. The van der Waals surface area contributed by atoms with Crippen LogP contribution in [-0.2, 0) is 37.4 Å². The van der Waals surface area contributed by atoms with E-state index in [1.54, 1.807) is 37.3 Å². The maximum Gasteiger partial charge on any atom is 0.338 e. The number of aliphatic hydroxyl groups excluding tert-OH is 1. The van der Waals surface area contributed by atoms with Crippen molar-refractivity contribution in [2.75, 3.05) is 30.5 Å². The minimum Gasteiger partial charge on any atom is -0.495 e. The molecule has 0 radical (unpaired) electrons. The smallest absolute Gasteiger partial charge is 0.338 e. The summed E-state index contributed by atoms with van der Waals surface area (Å²) in [5.74, 6) is -0.857. The van der Waals surface area contributed by atoms with Crippen LogP contribution in [0.15, 0.2) is 76.6 Å². The molecule has 0 spiro atoms. The fraction of sp³-hybridized carbons (Fsp3) is 0.267. The quantitative estimate of drug-likeness (QED) is 0.122. The zero-order valence-corrected chi connectivity index (χ0v) is 25.7. The molecule has 3 aromatic carbocycles. The number of hydrogen-bond acceptors (Lipinski definition) is 10. The highest BCUT2D eigenvalue weighted by Crippen LogP contribution is 2.33. The van der Waals surface area contributed by atoms with Crippen LogP contribution in [0.3, 0.4) is 0 Å². The van der Waals surface area contributed by atoms with Gasteiger partial charge in [-0.15, -0.1) is 0 Å². The number of sulfonamides is 1. The highest BCUT2D eigenvalue weighted by Gasteiger charge is 2.41. The fourth-order valence-electron chi connectivity index (χ4n) is 4.37. The summed E-state index contributed by atoms with van der Waals surface area (Å²) in [6.07, 6.45) is 0.369. The third-order valence-corrected chi connectivity index (χ3v) is 8.63. The van der Waals surface area contributed by atoms with Gasteiger partial charge in [0.2, 0.25) is 21.8 Å². The summed E-state index contributed by atoms with van der Waals surface area (Å²) in [4.78, 5) is 44.2. The molecule has 1 aliphatic heterocycles. The number of rotatable bonds is 11. The number of methoxy groups -OCH3 is 1. The monoisotopic (exact) mass is 640 g/mol. The number of imide groups is 1. The molecule has 4 N–H and O–H groups in total. The summed E-state index contributed by atoms with van der Waals surface area (Å²) in [7, 11) is -2.31. The summed E-state index contributed by atoms with van der Waals surface area (Å²) >= 11 is 1.08. The largest absolute Gasteiger partial charge is 0.495 e. The van der Waals surface area contributed by atoms with Crippen LogP contribution < -0.4 is 20.1 Å². The third-order valence-electron chi connectivity index (χ3n) is 6.59. The Labute approximate surface area is 259 Å². The molecule has 1 aliphatic rings. The second kappa shape index (κ2) is 14.5. The van der Waals surface area contributed by atoms with E-state index in [2.05, 4.69) is 10.3 Å². The second-order valence-corrected chi connectivity index (χ2v) is 12.3. The molecule has 1 unspecified atom stereocenters. The topological polar surface area (TPSA) is 178 Å². The van der Waals surface area contributed by atoms with Gasteiger partial charge in [-0.05, 0) is 73.0 Å². The number of nitrogens with one attached hydrogen (secondary N) is 1. The number of benzene rings is 3. The molecular formula is C30H32N4O8S2. The molecule has 44 heavy (non-hydrogen) atoms. The zero-order chi connectivity index (χ0) is 31.9. The van der Waals surface area contributed by atoms with Crippen molar-refractivity contribution in [3.8, 4) is 5.75 Å². The Hall–Kier alpha value is -4.24. The maximum absolute atomic E-state index is 13.5. The van der Waals surface area contributed by atoms with Gasteiger partial charge >= 0.3 is 5.97 Å². The SMILES string of the molecule is CCOC(=O)c1ccc(N2C(=O)CC(SC(=NCCc3ccc(S(N)(=O)=O)cc3)Nc3cc(CO)ccc3OC)C2=O)cc1. The van der Waals surface area contributed by atoms with Crippen LogP contribution in [0.4, 0.5) is 11.4 Å². The summed E-state index contributed by atoms with van der Waals surface area (Å²) in [5.41, 5.74) is 2.58. The number of nitrogens with zero attached hydrogens (tertiary/aromatic N) is 2. The Kier molecular flexibility index (Phi) is 10.8. The molecule has 0 bridgehead atoms.